The van der Waals surface area contributed by atoms with Gasteiger partial charge in [0.1, 0.15) is 17.2 Å². The first-order valence-corrected chi connectivity index (χ1v) is 6.57. The largest absolute Gasteiger partial charge is 0.368 e. The van der Waals surface area contributed by atoms with E-state index in [9.17, 15) is 13.6 Å². The maximum atomic E-state index is 13.1. The minimum absolute atomic E-state index is 0.366. The van der Waals surface area contributed by atoms with E-state index in [1.54, 1.807) is 6.92 Å². The molecule has 0 spiro atoms. The van der Waals surface area contributed by atoms with Crippen molar-refractivity contribution in [2.24, 2.45) is 5.73 Å². The van der Waals surface area contributed by atoms with Gasteiger partial charge in [0.05, 0.1) is 0 Å². The minimum atomic E-state index is -1.18. The topological polar surface area (TPSA) is 55.1 Å². The van der Waals surface area contributed by atoms with Crippen LogP contribution < -0.4 is 11.1 Å². The van der Waals surface area contributed by atoms with Gasteiger partial charge < -0.3 is 11.1 Å². The Morgan fingerprint density at radius 2 is 1.52 bits per heavy atom. The molecular formula is C16H16F2N2O. The zero-order chi connectivity index (χ0) is 15.5. The van der Waals surface area contributed by atoms with Crippen molar-refractivity contribution in [3.63, 3.8) is 0 Å². The van der Waals surface area contributed by atoms with Gasteiger partial charge in [0, 0.05) is 5.69 Å². The fraction of sp³-hybridized carbons (Fsp3) is 0.188. The molecule has 0 saturated carbocycles. The van der Waals surface area contributed by atoms with E-state index >= 15 is 0 Å². The number of nitrogens with one attached hydrogen (secondary N) is 1. The average molecular weight is 290 g/mol. The first-order chi connectivity index (χ1) is 9.98. The molecule has 0 fully saturated rings. The van der Waals surface area contributed by atoms with Crippen LogP contribution in [0.15, 0.2) is 48.5 Å². The Bertz CT molecular complexity index is 626. The molecule has 2 aromatic carbocycles. The highest BCUT2D eigenvalue weighted by molar-refractivity contribution is 5.89. The molecule has 0 bridgehead atoms. The summed E-state index contributed by atoms with van der Waals surface area (Å²) in [6.45, 7) is 1.80. The molecule has 1 unspecified atom stereocenters. The number of anilines is 1. The van der Waals surface area contributed by atoms with Crippen molar-refractivity contribution >= 4 is 11.6 Å². The van der Waals surface area contributed by atoms with Crippen molar-refractivity contribution < 1.29 is 13.6 Å². The predicted molar refractivity (Wildman–Crippen MR) is 77.6 cm³/mol. The van der Waals surface area contributed by atoms with Gasteiger partial charge in [0.25, 0.3) is 0 Å². The second-order valence-corrected chi connectivity index (χ2v) is 4.76. The molecule has 110 valence electrons. The SMILES string of the molecule is CCC(Nc1ccc(F)cc1)(C(N)=O)c1ccc(F)cc1. The average Bonchev–Trinajstić information content (AvgIpc) is 2.47. The molecule has 2 rings (SSSR count). The van der Waals surface area contributed by atoms with E-state index in [0.717, 1.165) is 0 Å². The Morgan fingerprint density at radius 1 is 1.05 bits per heavy atom. The van der Waals surface area contributed by atoms with Crippen LogP contribution in [0.1, 0.15) is 18.9 Å². The van der Waals surface area contributed by atoms with Gasteiger partial charge in [-0.05, 0) is 48.4 Å². The van der Waals surface area contributed by atoms with Gasteiger partial charge in [-0.1, -0.05) is 19.1 Å². The second kappa shape index (κ2) is 5.91. The predicted octanol–water partition coefficient (Wildman–Crippen LogP) is 3.17. The van der Waals surface area contributed by atoms with E-state index in [0.29, 0.717) is 17.7 Å². The molecule has 3 N–H and O–H groups in total. The Hall–Kier alpha value is -2.43. The lowest BCUT2D eigenvalue weighted by molar-refractivity contribution is -0.122. The van der Waals surface area contributed by atoms with Gasteiger partial charge in [-0.25, -0.2) is 8.78 Å². The third-order valence-corrected chi connectivity index (χ3v) is 3.49. The van der Waals surface area contributed by atoms with Crippen LogP contribution >= 0.6 is 0 Å². The maximum Gasteiger partial charge on any atom is 0.247 e. The van der Waals surface area contributed by atoms with Crippen molar-refractivity contribution in [3.05, 3.63) is 65.7 Å². The number of primary amides is 1. The molecule has 1 atom stereocenters. The van der Waals surface area contributed by atoms with Crippen LogP contribution in [0.2, 0.25) is 0 Å². The lowest BCUT2D eigenvalue weighted by Gasteiger charge is -2.32. The van der Waals surface area contributed by atoms with Crippen LogP contribution in [0, 0.1) is 11.6 Å². The monoisotopic (exact) mass is 290 g/mol. The van der Waals surface area contributed by atoms with E-state index in [1.165, 1.54) is 48.5 Å². The highest BCUT2D eigenvalue weighted by Gasteiger charge is 2.36. The Kier molecular flexibility index (Phi) is 4.21. The van der Waals surface area contributed by atoms with Gasteiger partial charge in [0.2, 0.25) is 5.91 Å². The quantitative estimate of drug-likeness (QED) is 0.888. The van der Waals surface area contributed by atoms with Crippen LogP contribution in [0.25, 0.3) is 0 Å². The Morgan fingerprint density at radius 3 is 1.95 bits per heavy atom. The molecule has 0 radical (unpaired) electrons. The minimum Gasteiger partial charge on any atom is -0.368 e. The molecule has 2 aromatic rings. The summed E-state index contributed by atoms with van der Waals surface area (Å²) in [6, 6.07) is 11.2. The van der Waals surface area contributed by atoms with E-state index < -0.39 is 17.3 Å². The number of hydrogen-bond donors (Lipinski definition) is 2. The normalized spacial score (nSPS) is 13.5. The summed E-state index contributed by atoms with van der Waals surface area (Å²) in [5.41, 5.74) is 5.50. The summed E-state index contributed by atoms with van der Waals surface area (Å²) in [4.78, 5) is 12.0. The third-order valence-electron chi connectivity index (χ3n) is 3.49. The van der Waals surface area contributed by atoms with Gasteiger partial charge in [-0.3, -0.25) is 4.79 Å². The molecular weight excluding hydrogens is 274 g/mol. The zero-order valence-corrected chi connectivity index (χ0v) is 11.6. The molecule has 0 aliphatic heterocycles. The van der Waals surface area contributed by atoms with Crippen molar-refractivity contribution in [2.75, 3.05) is 5.32 Å². The maximum absolute atomic E-state index is 13.1. The molecule has 5 heteroatoms. The second-order valence-electron chi connectivity index (χ2n) is 4.76. The molecule has 0 aliphatic carbocycles. The van der Waals surface area contributed by atoms with Crippen LogP contribution in [0.4, 0.5) is 14.5 Å². The Labute approximate surface area is 121 Å². The van der Waals surface area contributed by atoms with Crippen molar-refractivity contribution in [1.82, 2.24) is 0 Å². The van der Waals surface area contributed by atoms with E-state index in [-0.39, 0.29) is 5.82 Å². The highest BCUT2D eigenvalue weighted by Crippen LogP contribution is 2.30. The van der Waals surface area contributed by atoms with Gasteiger partial charge >= 0.3 is 0 Å². The molecule has 0 aliphatic rings. The number of carbonyl (C=O) groups excluding carboxylic acids is 1. The standard InChI is InChI=1S/C16H16F2N2O/c1-2-16(15(19)21,11-3-5-12(17)6-4-11)20-14-9-7-13(18)8-10-14/h3-10,20H,2H2,1H3,(H2,19,21). The molecule has 3 nitrogen and oxygen atoms in total. The number of carbonyl (C=O) groups is 1. The van der Waals surface area contributed by atoms with E-state index in [2.05, 4.69) is 5.32 Å². The summed E-state index contributed by atoms with van der Waals surface area (Å²) >= 11 is 0. The Balaban J connectivity index is 2.44. The first kappa shape index (κ1) is 15.0. The third kappa shape index (κ3) is 3.02. The molecule has 0 saturated heterocycles. The summed E-state index contributed by atoms with van der Waals surface area (Å²) in [7, 11) is 0. The van der Waals surface area contributed by atoms with Crippen LogP contribution in [-0.2, 0) is 10.3 Å². The number of nitrogens with two attached hydrogens (primary N) is 1. The lowest BCUT2D eigenvalue weighted by atomic mass is 9.86. The lowest BCUT2D eigenvalue weighted by Crippen LogP contribution is -2.47. The molecule has 21 heavy (non-hydrogen) atoms. The first-order valence-electron chi connectivity index (χ1n) is 6.57. The van der Waals surface area contributed by atoms with Crippen molar-refractivity contribution in [2.45, 2.75) is 18.9 Å². The fourth-order valence-electron chi connectivity index (χ4n) is 2.26. The molecule has 1 amide bonds. The smallest absolute Gasteiger partial charge is 0.247 e. The number of hydrogen-bond acceptors (Lipinski definition) is 2. The summed E-state index contributed by atoms with van der Waals surface area (Å²) in [5, 5.41) is 3.04. The molecule has 0 aromatic heterocycles. The summed E-state index contributed by atoms with van der Waals surface area (Å²) < 4.78 is 26.0. The van der Waals surface area contributed by atoms with Crippen LogP contribution in [0.3, 0.4) is 0 Å². The van der Waals surface area contributed by atoms with E-state index in [1.807, 2.05) is 0 Å². The van der Waals surface area contributed by atoms with Crippen LogP contribution in [0.5, 0.6) is 0 Å². The summed E-state index contributed by atoms with van der Waals surface area (Å²) in [5.74, 6) is -1.35. The van der Waals surface area contributed by atoms with Gasteiger partial charge in [-0.15, -0.1) is 0 Å². The number of rotatable bonds is 5. The summed E-state index contributed by atoms with van der Waals surface area (Å²) in [6.07, 6.45) is 0.366. The number of amides is 1. The van der Waals surface area contributed by atoms with Crippen molar-refractivity contribution in [3.8, 4) is 0 Å². The fourth-order valence-corrected chi connectivity index (χ4v) is 2.26. The highest BCUT2D eigenvalue weighted by atomic mass is 19.1. The van der Waals surface area contributed by atoms with Crippen LogP contribution in [-0.4, -0.2) is 5.91 Å². The molecule has 0 heterocycles. The van der Waals surface area contributed by atoms with E-state index in [4.69, 9.17) is 5.73 Å². The zero-order valence-electron chi connectivity index (χ0n) is 11.6. The number of halogens is 2. The van der Waals surface area contributed by atoms with Crippen molar-refractivity contribution in [1.29, 1.82) is 0 Å². The number of benzene rings is 2. The van der Waals surface area contributed by atoms with Gasteiger partial charge in [-0.2, -0.15) is 0 Å². The van der Waals surface area contributed by atoms with Gasteiger partial charge in [0.15, 0.2) is 0 Å².